The lowest BCUT2D eigenvalue weighted by molar-refractivity contribution is 0.303. The van der Waals surface area contributed by atoms with Crippen molar-refractivity contribution in [2.45, 2.75) is 13.8 Å². The summed E-state index contributed by atoms with van der Waals surface area (Å²) >= 11 is 0. The first kappa shape index (κ1) is 18.0. The van der Waals surface area contributed by atoms with Gasteiger partial charge >= 0.3 is 0 Å². The molecule has 0 atom stereocenters. The number of hydrogen-bond acceptors (Lipinski definition) is 4. The molecule has 7 heteroatoms. The molecule has 3 rings (SSSR count). The van der Waals surface area contributed by atoms with Crippen molar-refractivity contribution in [1.82, 2.24) is 4.98 Å². The number of benzene rings is 1. The van der Waals surface area contributed by atoms with Crippen molar-refractivity contribution in [1.29, 1.82) is 0 Å². The molecule has 2 heterocycles. The molecule has 1 aliphatic heterocycles. The SMILES string of the molecule is COC1=CC(c2ccc([N-]S(C)(=O)=O)cc2)=N/C1=C\c1[nH]c(C)cc1C. The number of rotatable bonds is 5. The summed E-state index contributed by atoms with van der Waals surface area (Å²) in [7, 11) is -1.81. The second-order valence-corrected chi connectivity index (χ2v) is 7.81. The van der Waals surface area contributed by atoms with E-state index < -0.39 is 10.0 Å². The van der Waals surface area contributed by atoms with E-state index in [0.717, 1.165) is 40.2 Å². The molecular weight excluding hydrogens is 350 g/mol. The van der Waals surface area contributed by atoms with Crippen molar-refractivity contribution < 1.29 is 13.2 Å². The third kappa shape index (κ3) is 4.05. The number of aryl methyl sites for hydroxylation is 2. The van der Waals surface area contributed by atoms with E-state index in [1.165, 1.54) is 0 Å². The van der Waals surface area contributed by atoms with Gasteiger partial charge in [0.1, 0.15) is 11.5 Å². The predicted octanol–water partition coefficient (Wildman–Crippen LogP) is 3.97. The summed E-state index contributed by atoms with van der Waals surface area (Å²) in [5.41, 5.74) is 5.95. The van der Waals surface area contributed by atoms with Gasteiger partial charge in [0.25, 0.3) is 0 Å². The zero-order valence-electron chi connectivity index (χ0n) is 15.1. The Morgan fingerprint density at radius 2 is 1.88 bits per heavy atom. The highest BCUT2D eigenvalue weighted by Gasteiger charge is 2.17. The van der Waals surface area contributed by atoms with Crippen molar-refractivity contribution in [3.05, 3.63) is 75.1 Å². The summed E-state index contributed by atoms with van der Waals surface area (Å²) in [5.74, 6) is 0.677. The van der Waals surface area contributed by atoms with Gasteiger partial charge in [-0.1, -0.05) is 24.3 Å². The van der Waals surface area contributed by atoms with Crippen molar-refractivity contribution in [2.75, 3.05) is 13.4 Å². The molecule has 136 valence electrons. The van der Waals surface area contributed by atoms with E-state index in [-0.39, 0.29) is 0 Å². The first-order valence-electron chi connectivity index (χ1n) is 8.01. The van der Waals surface area contributed by atoms with Crippen molar-refractivity contribution >= 4 is 27.5 Å². The molecule has 0 aliphatic carbocycles. The minimum Gasteiger partial charge on any atom is -0.577 e. The molecule has 0 amide bonds. The number of aromatic amines is 1. The van der Waals surface area contributed by atoms with Gasteiger partial charge in [0, 0.05) is 29.3 Å². The van der Waals surface area contributed by atoms with Crippen LogP contribution in [0.2, 0.25) is 0 Å². The average Bonchev–Trinajstić information content (AvgIpc) is 3.10. The quantitative estimate of drug-likeness (QED) is 0.864. The smallest absolute Gasteiger partial charge is 0.146 e. The summed E-state index contributed by atoms with van der Waals surface area (Å²) in [6.07, 6.45) is 4.88. The number of H-pyrrole nitrogens is 1. The average molecular weight is 370 g/mol. The van der Waals surface area contributed by atoms with Crippen LogP contribution in [0, 0.1) is 13.8 Å². The molecule has 0 saturated carbocycles. The Morgan fingerprint density at radius 3 is 2.42 bits per heavy atom. The van der Waals surface area contributed by atoms with Crippen LogP contribution in [0.4, 0.5) is 5.69 Å². The molecule has 0 radical (unpaired) electrons. The Labute approximate surface area is 153 Å². The van der Waals surface area contributed by atoms with Gasteiger partial charge in [0.15, 0.2) is 0 Å². The van der Waals surface area contributed by atoms with Gasteiger partial charge in [-0.3, -0.25) is 0 Å². The molecule has 0 fully saturated rings. The van der Waals surface area contributed by atoms with E-state index >= 15 is 0 Å². The Balaban J connectivity index is 1.91. The highest BCUT2D eigenvalue weighted by molar-refractivity contribution is 7.93. The van der Waals surface area contributed by atoms with Crippen LogP contribution in [0.5, 0.6) is 0 Å². The monoisotopic (exact) mass is 370 g/mol. The summed E-state index contributed by atoms with van der Waals surface area (Å²) in [6.45, 7) is 4.05. The van der Waals surface area contributed by atoms with Crippen LogP contribution in [0.3, 0.4) is 0 Å². The molecule has 0 unspecified atom stereocenters. The Bertz CT molecular complexity index is 1030. The number of ether oxygens (including phenoxy) is 1. The fourth-order valence-electron chi connectivity index (χ4n) is 2.75. The zero-order chi connectivity index (χ0) is 18.9. The number of sulfonamides is 1. The number of nitrogens with zero attached hydrogens (tertiary/aromatic N) is 2. The van der Waals surface area contributed by atoms with Crippen LogP contribution in [0.1, 0.15) is 22.5 Å². The number of methoxy groups -OCH3 is 1. The van der Waals surface area contributed by atoms with Crippen LogP contribution >= 0.6 is 0 Å². The molecule has 0 bridgehead atoms. The highest BCUT2D eigenvalue weighted by Crippen LogP contribution is 2.28. The van der Waals surface area contributed by atoms with E-state index in [2.05, 4.69) is 20.8 Å². The minimum absolute atomic E-state index is 0.388. The van der Waals surface area contributed by atoms with E-state index in [9.17, 15) is 8.42 Å². The molecule has 6 nitrogen and oxygen atoms in total. The van der Waals surface area contributed by atoms with Crippen LogP contribution < -0.4 is 0 Å². The number of aliphatic imine (C=N–C) groups is 1. The summed E-state index contributed by atoms with van der Waals surface area (Å²) < 4.78 is 31.6. The Hall–Kier alpha value is -2.80. The maximum absolute atomic E-state index is 11.2. The van der Waals surface area contributed by atoms with E-state index in [1.807, 2.05) is 26.0 Å². The maximum atomic E-state index is 11.2. The number of aromatic nitrogens is 1. The lowest BCUT2D eigenvalue weighted by Crippen LogP contribution is -1.94. The topological polar surface area (TPSA) is 85.6 Å². The zero-order valence-corrected chi connectivity index (χ0v) is 15.9. The third-order valence-electron chi connectivity index (χ3n) is 3.89. The van der Waals surface area contributed by atoms with Crippen LogP contribution in [-0.2, 0) is 14.8 Å². The minimum atomic E-state index is -3.42. The molecule has 1 aromatic carbocycles. The predicted molar refractivity (Wildman–Crippen MR) is 104 cm³/mol. The second kappa shape index (κ2) is 6.84. The molecular formula is C19H20N3O3S-. The van der Waals surface area contributed by atoms with Crippen molar-refractivity contribution in [3.8, 4) is 0 Å². The molecule has 1 aliphatic rings. The van der Waals surface area contributed by atoms with Gasteiger partial charge in [-0.2, -0.15) is 0 Å². The van der Waals surface area contributed by atoms with Gasteiger partial charge < -0.3 is 14.4 Å². The van der Waals surface area contributed by atoms with E-state index in [0.29, 0.717) is 11.4 Å². The Morgan fingerprint density at radius 1 is 1.19 bits per heavy atom. The van der Waals surface area contributed by atoms with Crippen LogP contribution in [0.25, 0.3) is 10.8 Å². The van der Waals surface area contributed by atoms with Crippen molar-refractivity contribution in [3.63, 3.8) is 0 Å². The van der Waals surface area contributed by atoms with Gasteiger partial charge in [-0.05, 0) is 31.6 Å². The van der Waals surface area contributed by atoms with Crippen molar-refractivity contribution in [2.24, 2.45) is 4.99 Å². The number of hydrogen-bond donors (Lipinski definition) is 1. The maximum Gasteiger partial charge on any atom is 0.146 e. The lowest BCUT2D eigenvalue weighted by Gasteiger charge is -2.18. The fourth-order valence-corrected chi connectivity index (χ4v) is 3.26. The largest absolute Gasteiger partial charge is 0.577 e. The van der Waals surface area contributed by atoms with E-state index in [4.69, 9.17) is 4.74 Å². The molecule has 0 spiro atoms. The standard InChI is InChI=1S/C19H20N3O3S/c1-12-9-13(2)20-16(12)10-18-19(25-3)11-17(21-18)14-5-7-15(8-6-14)22-26(4,23)24/h5-11,20H,1-4H3/q-1/b18-10-. The summed E-state index contributed by atoms with van der Waals surface area (Å²) in [5, 5.41) is 0. The summed E-state index contributed by atoms with van der Waals surface area (Å²) in [6, 6.07) is 8.96. The molecule has 1 aromatic heterocycles. The Kier molecular flexibility index (Phi) is 4.73. The normalized spacial score (nSPS) is 15.8. The van der Waals surface area contributed by atoms with Gasteiger partial charge in [-0.15, -0.1) is 5.69 Å². The fraction of sp³-hybridized carbons (Fsp3) is 0.211. The molecule has 2 aromatic rings. The molecule has 26 heavy (non-hydrogen) atoms. The first-order chi connectivity index (χ1) is 12.2. The van der Waals surface area contributed by atoms with Gasteiger partial charge in [-0.25, -0.2) is 13.4 Å². The molecule has 0 saturated heterocycles. The van der Waals surface area contributed by atoms with Gasteiger partial charge in [0.05, 0.1) is 22.8 Å². The van der Waals surface area contributed by atoms with Crippen LogP contribution in [-0.4, -0.2) is 32.5 Å². The molecule has 1 N–H and O–H groups in total. The number of nitrogens with one attached hydrogen (secondary N) is 1. The second-order valence-electron chi connectivity index (χ2n) is 6.16. The highest BCUT2D eigenvalue weighted by atomic mass is 32.2. The van der Waals surface area contributed by atoms with Crippen LogP contribution in [0.15, 0.2) is 52.9 Å². The van der Waals surface area contributed by atoms with Gasteiger partial charge in [0.2, 0.25) is 0 Å². The lowest BCUT2D eigenvalue weighted by atomic mass is 10.1. The van der Waals surface area contributed by atoms with E-state index in [1.54, 1.807) is 31.4 Å². The first-order valence-corrected chi connectivity index (χ1v) is 9.86. The summed E-state index contributed by atoms with van der Waals surface area (Å²) in [4.78, 5) is 7.95. The number of allylic oxidation sites excluding steroid dienone is 1. The third-order valence-corrected chi connectivity index (χ3v) is 4.43.